The minimum absolute atomic E-state index is 0. The lowest BCUT2D eigenvalue weighted by Gasteiger charge is -2.39. The van der Waals surface area contributed by atoms with Crippen molar-refractivity contribution in [3.05, 3.63) is 49.1 Å². The molecule has 0 saturated carbocycles. The number of imidazole rings is 1. The van der Waals surface area contributed by atoms with Gasteiger partial charge < -0.3 is 14.8 Å². The minimum Gasteiger partial charge on any atom is -0.357 e. The van der Waals surface area contributed by atoms with Crippen molar-refractivity contribution in [2.45, 2.75) is 37.6 Å². The van der Waals surface area contributed by atoms with E-state index in [0.29, 0.717) is 29.8 Å². The molecule has 0 spiro atoms. The second-order valence-corrected chi connectivity index (χ2v) is 9.62. The molecule has 1 aliphatic heterocycles. The number of benzene rings is 1. The van der Waals surface area contributed by atoms with Crippen molar-refractivity contribution in [2.24, 2.45) is 10.9 Å². The van der Waals surface area contributed by atoms with E-state index in [4.69, 9.17) is 4.99 Å². The van der Waals surface area contributed by atoms with E-state index < -0.39 is 9.84 Å². The zero-order valence-corrected chi connectivity index (χ0v) is 20.8. The second-order valence-electron chi connectivity index (χ2n) is 7.51. The summed E-state index contributed by atoms with van der Waals surface area (Å²) in [6, 6.07) is 8.98. The number of nitrogens with zero attached hydrogens (tertiary/aromatic N) is 4. The number of aliphatic imine (C=N–C) groups is 1. The summed E-state index contributed by atoms with van der Waals surface area (Å²) < 4.78 is 27.0. The molecular weight excluding hydrogens is 513 g/mol. The van der Waals surface area contributed by atoms with Gasteiger partial charge in [-0.25, -0.2) is 13.4 Å². The third kappa shape index (κ3) is 6.44. The monoisotopic (exact) mass is 545 g/mol. The summed E-state index contributed by atoms with van der Waals surface area (Å²) in [6.45, 7) is 7.40. The summed E-state index contributed by atoms with van der Waals surface area (Å²) in [5.74, 6) is 1.54. The van der Waals surface area contributed by atoms with Crippen LogP contribution in [0.4, 0.5) is 0 Å². The van der Waals surface area contributed by atoms with Crippen LogP contribution in [0.5, 0.6) is 0 Å². The molecule has 1 aromatic carbocycles. The average Bonchev–Trinajstić information content (AvgIpc) is 3.26. The van der Waals surface area contributed by atoms with Crippen LogP contribution in [0.15, 0.2) is 58.9 Å². The van der Waals surface area contributed by atoms with E-state index in [1.807, 2.05) is 24.8 Å². The van der Waals surface area contributed by atoms with E-state index in [-0.39, 0.29) is 29.7 Å². The summed E-state index contributed by atoms with van der Waals surface area (Å²) in [7, 11) is -3.25. The second kappa shape index (κ2) is 11.7. The molecule has 1 fully saturated rings. The number of aromatic nitrogens is 2. The Morgan fingerprint density at radius 1 is 1.30 bits per heavy atom. The van der Waals surface area contributed by atoms with Crippen molar-refractivity contribution >= 4 is 39.8 Å². The lowest BCUT2D eigenvalue weighted by Crippen LogP contribution is -2.49. The molecule has 166 valence electrons. The number of hydrogen-bond acceptors (Lipinski definition) is 4. The Labute approximate surface area is 196 Å². The predicted molar refractivity (Wildman–Crippen MR) is 131 cm³/mol. The maximum atomic E-state index is 12.4. The van der Waals surface area contributed by atoms with Crippen molar-refractivity contribution in [3.8, 4) is 0 Å². The van der Waals surface area contributed by atoms with Crippen molar-refractivity contribution in [1.29, 1.82) is 0 Å². The standard InChI is InChI=1S/C21H31N5O2S.HI/c1-3-23-21(24-11-7-15-29(27,28)19-8-5-4-6-9-19)25-13-10-18(2)20(16-25)26-14-12-22-17-26;/h4-6,8-9,12,14,17-18,20H,3,7,10-11,13,15-16H2,1-2H3,(H,23,24);1H. The number of halogens is 1. The molecule has 1 aromatic heterocycles. The molecule has 3 rings (SSSR count). The number of guanidine groups is 1. The normalized spacial score (nSPS) is 19.9. The average molecular weight is 545 g/mol. The predicted octanol–water partition coefficient (Wildman–Crippen LogP) is 3.21. The van der Waals surface area contributed by atoms with E-state index in [2.05, 4.69) is 33.6 Å². The Bertz CT molecular complexity index is 887. The molecule has 2 unspecified atom stereocenters. The number of piperidine rings is 1. The fourth-order valence-corrected chi connectivity index (χ4v) is 5.02. The molecule has 2 heterocycles. The number of nitrogens with one attached hydrogen (secondary N) is 1. The van der Waals surface area contributed by atoms with Gasteiger partial charge in [-0.05, 0) is 37.8 Å². The number of rotatable bonds is 7. The van der Waals surface area contributed by atoms with Crippen LogP contribution >= 0.6 is 24.0 Å². The molecule has 1 aliphatic rings. The summed E-state index contributed by atoms with van der Waals surface area (Å²) in [5, 5.41) is 3.36. The fourth-order valence-electron chi connectivity index (χ4n) is 3.71. The molecular formula is C21H32IN5O2S. The molecule has 1 N–H and O–H groups in total. The topological polar surface area (TPSA) is 79.6 Å². The summed E-state index contributed by atoms with van der Waals surface area (Å²) in [6.07, 6.45) is 7.29. The van der Waals surface area contributed by atoms with Gasteiger partial charge in [0.05, 0.1) is 23.0 Å². The van der Waals surface area contributed by atoms with Gasteiger partial charge in [0.25, 0.3) is 0 Å². The van der Waals surface area contributed by atoms with E-state index in [9.17, 15) is 8.42 Å². The highest BCUT2D eigenvalue weighted by molar-refractivity contribution is 14.0. The van der Waals surface area contributed by atoms with Gasteiger partial charge in [0.1, 0.15) is 0 Å². The molecule has 30 heavy (non-hydrogen) atoms. The SMILES string of the molecule is CCNC(=NCCCS(=O)(=O)c1ccccc1)N1CCC(C)C(n2ccnc2)C1.I. The highest BCUT2D eigenvalue weighted by Gasteiger charge is 2.28. The smallest absolute Gasteiger partial charge is 0.193 e. The molecule has 0 aliphatic carbocycles. The molecule has 7 nitrogen and oxygen atoms in total. The number of hydrogen-bond donors (Lipinski definition) is 1. The molecule has 0 amide bonds. The lowest BCUT2D eigenvalue weighted by atomic mass is 9.93. The van der Waals surface area contributed by atoms with Crippen molar-refractivity contribution in [2.75, 3.05) is 31.9 Å². The Kier molecular flexibility index (Phi) is 9.60. The highest BCUT2D eigenvalue weighted by Crippen LogP contribution is 2.27. The first-order valence-electron chi connectivity index (χ1n) is 10.3. The van der Waals surface area contributed by atoms with Gasteiger partial charge in [0.2, 0.25) is 0 Å². The van der Waals surface area contributed by atoms with Crippen LogP contribution in [0.25, 0.3) is 0 Å². The molecule has 0 bridgehead atoms. The molecule has 1 saturated heterocycles. The zero-order valence-electron chi connectivity index (χ0n) is 17.6. The molecule has 9 heteroatoms. The van der Waals surface area contributed by atoms with E-state index in [1.54, 1.807) is 24.3 Å². The quantitative estimate of drug-likeness (QED) is 0.250. The maximum Gasteiger partial charge on any atom is 0.193 e. The third-order valence-electron chi connectivity index (χ3n) is 5.40. The summed E-state index contributed by atoms with van der Waals surface area (Å²) >= 11 is 0. The van der Waals surface area contributed by atoms with Crippen LogP contribution in [-0.2, 0) is 9.84 Å². The molecule has 2 aromatic rings. The maximum absolute atomic E-state index is 12.4. The van der Waals surface area contributed by atoms with E-state index >= 15 is 0 Å². The van der Waals surface area contributed by atoms with Crippen LogP contribution in [0, 0.1) is 5.92 Å². The van der Waals surface area contributed by atoms with Gasteiger partial charge in [-0.15, -0.1) is 24.0 Å². The first kappa shape index (κ1) is 24.6. The molecule has 0 radical (unpaired) electrons. The Morgan fingerprint density at radius 2 is 2.07 bits per heavy atom. The van der Waals surface area contributed by atoms with Crippen LogP contribution in [0.2, 0.25) is 0 Å². The Hall–Kier alpha value is -1.62. The van der Waals surface area contributed by atoms with Crippen molar-refractivity contribution < 1.29 is 8.42 Å². The van der Waals surface area contributed by atoms with Gasteiger partial charge >= 0.3 is 0 Å². The van der Waals surface area contributed by atoms with Gasteiger partial charge in [-0.1, -0.05) is 25.1 Å². The van der Waals surface area contributed by atoms with Gasteiger partial charge in [0.15, 0.2) is 15.8 Å². The summed E-state index contributed by atoms with van der Waals surface area (Å²) in [5.41, 5.74) is 0. The Balaban J connectivity index is 0.00000320. The fraction of sp³-hybridized carbons (Fsp3) is 0.524. The van der Waals surface area contributed by atoms with Crippen molar-refractivity contribution in [3.63, 3.8) is 0 Å². The van der Waals surface area contributed by atoms with Gasteiger partial charge in [-0.2, -0.15) is 0 Å². The van der Waals surface area contributed by atoms with Crippen LogP contribution in [-0.4, -0.2) is 60.8 Å². The third-order valence-corrected chi connectivity index (χ3v) is 7.21. The lowest BCUT2D eigenvalue weighted by molar-refractivity contribution is 0.189. The first-order chi connectivity index (χ1) is 14.0. The Morgan fingerprint density at radius 3 is 2.73 bits per heavy atom. The van der Waals surface area contributed by atoms with Gasteiger partial charge in [0, 0.05) is 38.6 Å². The van der Waals surface area contributed by atoms with E-state index in [1.165, 1.54) is 0 Å². The first-order valence-corrected chi connectivity index (χ1v) is 11.9. The van der Waals surface area contributed by atoms with Crippen LogP contribution < -0.4 is 5.32 Å². The van der Waals surface area contributed by atoms with Crippen LogP contribution in [0.3, 0.4) is 0 Å². The van der Waals surface area contributed by atoms with Gasteiger partial charge in [-0.3, -0.25) is 4.99 Å². The van der Waals surface area contributed by atoms with Crippen LogP contribution in [0.1, 0.15) is 32.7 Å². The van der Waals surface area contributed by atoms with Crippen molar-refractivity contribution in [1.82, 2.24) is 19.8 Å². The summed E-state index contributed by atoms with van der Waals surface area (Å²) in [4.78, 5) is 11.6. The number of sulfone groups is 1. The highest BCUT2D eigenvalue weighted by atomic mass is 127. The minimum atomic E-state index is -3.25. The van der Waals surface area contributed by atoms with E-state index in [0.717, 1.165) is 32.0 Å². The largest absolute Gasteiger partial charge is 0.357 e. The molecule has 2 atom stereocenters. The number of likely N-dealkylation sites (tertiary alicyclic amines) is 1. The zero-order chi connectivity index (χ0) is 20.7.